The van der Waals surface area contributed by atoms with E-state index < -0.39 is 11.4 Å². The summed E-state index contributed by atoms with van der Waals surface area (Å²) in [4.78, 5) is 38.6. The molecule has 1 heterocycles. The number of aromatic amines is 1. The molecule has 23 heavy (non-hydrogen) atoms. The molecule has 2 N–H and O–H groups in total. The normalized spacial score (nSPS) is 10.7. The topological polar surface area (TPSA) is 87.2 Å². The fourth-order valence-electron chi connectivity index (χ4n) is 2.44. The predicted octanol–water partition coefficient (Wildman–Crippen LogP) is 2.77. The van der Waals surface area contributed by atoms with E-state index in [1.54, 1.807) is 30.3 Å². The molecule has 0 aliphatic heterocycles. The van der Waals surface area contributed by atoms with E-state index in [1.165, 1.54) is 0 Å². The molecule has 5 heteroatoms. The lowest BCUT2D eigenvalue weighted by molar-refractivity contribution is 0.0690. The van der Waals surface area contributed by atoms with Crippen LogP contribution in [0.3, 0.4) is 0 Å². The number of carboxylic acids is 1. The standard InChI is InChI=1S/C18H13NO4/c1-10-5-7-11(8-6-10)17(21)13-4-2-3-12-15(20)9-14(18(22)23)19-16(12)13/h2-9H,1H3,(H,19,20)(H,22,23). The number of hydrogen-bond acceptors (Lipinski definition) is 3. The maximum absolute atomic E-state index is 12.7. The van der Waals surface area contributed by atoms with Crippen LogP contribution in [0.1, 0.15) is 32.0 Å². The van der Waals surface area contributed by atoms with E-state index in [4.69, 9.17) is 5.11 Å². The van der Waals surface area contributed by atoms with Crippen LogP contribution in [-0.4, -0.2) is 21.8 Å². The molecule has 0 bridgehead atoms. The molecule has 0 spiro atoms. The minimum atomic E-state index is -1.25. The summed E-state index contributed by atoms with van der Waals surface area (Å²) in [5, 5.41) is 9.38. The number of carbonyl (C=O) groups is 2. The van der Waals surface area contributed by atoms with Gasteiger partial charge in [0, 0.05) is 22.6 Å². The highest BCUT2D eigenvalue weighted by molar-refractivity contribution is 6.15. The van der Waals surface area contributed by atoms with Crippen molar-refractivity contribution in [3.05, 3.63) is 81.1 Å². The monoisotopic (exact) mass is 307 g/mol. The van der Waals surface area contributed by atoms with Crippen LogP contribution in [0.25, 0.3) is 10.9 Å². The van der Waals surface area contributed by atoms with Gasteiger partial charge in [0.1, 0.15) is 5.69 Å². The van der Waals surface area contributed by atoms with Crippen LogP contribution < -0.4 is 5.43 Å². The number of aromatic carboxylic acids is 1. The summed E-state index contributed by atoms with van der Waals surface area (Å²) in [5.41, 5.74) is 1.33. The number of aryl methyl sites for hydroxylation is 1. The molecule has 1 aromatic heterocycles. The summed E-state index contributed by atoms with van der Waals surface area (Å²) in [5.74, 6) is -1.52. The number of hydrogen-bond donors (Lipinski definition) is 2. The van der Waals surface area contributed by atoms with Gasteiger partial charge in [0.2, 0.25) is 0 Å². The molecule has 0 saturated heterocycles. The van der Waals surface area contributed by atoms with Crippen LogP contribution in [0, 0.1) is 6.92 Å². The minimum absolute atomic E-state index is 0.239. The summed E-state index contributed by atoms with van der Waals surface area (Å²) < 4.78 is 0. The molecule has 2 aromatic carbocycles. The zero-order valence-electron chi connectivity index (χ0n) is 12.3. The summed E-state index contributed by atoms with van der Waals surface area (Å²) in [6.45, 7) is 1.92. The van der Waals surface area contributed by atoms with Crippen LogP contribution in [0.4, 0.5) is 0 Å². The van der Waals surface area contributed by atoms with Gasteiger partial charge in [-0.3, -0.25) is 9.59 Å². The van der Waals surface area contributed by atoms with E-state index in [9.17, 15) is 14.4 Å². The summed E-state index contributed by atoms with van der Waals surface area (Å²) in [6, 6.07) is 12.8. The molecule has 0 amide bonds. The second-order valence-corrected chi connectivity index (χ2v) is 5.28. The van der Waals surface area contributed by atoms with Crippen LogP contribution in [0.5, 0.6) is 0 Å². The highest BCUT2D eigenvalue weighted by atomic mass is 16.4. The van der Waals surface area contributed by atoms with Crippen molar-refractivity contribution < 1.29 is 14.7 Å². The molecule has 0 radical (unpaired) electrons. The lowest BCUT2D eigenvalue weighted by Gasteiger charge is -2.07. The van der Waals surface area contributed by atoms with Gasteiger partial charge in [-0.25, -0.2) is 4.79 Å². The van der Waals surface area contributed by atoms with E-state index in [0.717, 1.165) is 11.6 Å². The third-order valence-corrected chi connectivity index (χ3v) is 3.65. The molecule has 0 aliphatic carbocycles. The lowest BCUT2D eigenvalue weighted by atomic mass is 9.99. The maximum atomic E-state index is 12.7. The molecule has 3 aromatic rings. The largest absolute Gasteiger partial charge is 0.477 e. The molecule has 0 unspecified atom stereocenters. The number of benzene rings is 2. The van der Waals surface area contributed by atoms with Gasteiger partial charge >= 0.3 is 5.97 Å². The molecule has 0 saturated carbocycles. The van der Waals surface area contributed by atoms with Gasteiger partial charge in [0.05, 0.1) is 5.52 Å². The van der Waals surface area contributed by atoms with Crippen molar-refractivity contribution in [2.75, 3.05) is 0 Å². The van der Waals surface area contributed by atoms with Crippen LogP contribution in [0.2, 0.25) is 0 Å². The van der Waals surface area contributed by atoms with Crippen molar-refractivity contribution in [3.8, 4) is 0 Å². The first-order valence-corrected chi connectivity index (χ1v) is 6.98. The summed E-state index contributed by atoms with van der Waals surface area (Å²) in [6.07, 6.45) is 0. The van der Waals surface area contributed by atoms with E-state index in [1.807, 2.05) is 19.1 Å². The Hall–Kier alpha value is -3.21. The van der Waals surface area contributed by atoms with Crippen molar-refractivity contribution in [2.45, 2.75) is 6.92 Å². The Morgan fingerprint density at radius 3 is 2.39 bits per heavy atom. The van der Waals surface area contributed by atoms with E-state index in [-0.39, 0.29) is 27.9 Å². The number of rotatable bonds is 3. The van der Waals surface area contributed by atoms with Crippen molar-refractivity contribution in [1.29, 1.82) is 0 Å². The Morgan fingerprint density at radius 2 is 1.74 bits per heavy atom. The second-order valence-electron chi connectivity index (χ2n) is 5.28. The van der Waals surface area contributed by atoms with Crippen LogP contribution in [-0.2, 0) is 0 Å². The minimum Gasteiger partial charge on any atom is -0.477 e. The molecule has 114 valence electrons. The SMILES string of the molecule is Cc1ccc(C(=O)c2cccc3c(=O)cc(C(=O)O)[nH]c23)cc1. The number of H-pyrrole nitrogens is 1. The van der Waals surface area contributed by atoms with E-state index in [2.05, 4.69) is 4.98 Å². The number of ketones is 1. The van der Waals surface area contributed by atoms with E-state index >= 15 is 0 Å². The average molecular weight is 307 g/mol. The Labute approximate surface area is 131 Å². The maximum Gasteiger partial charge on any atom is 0.352 e. The number of aromatic nitrogens is 1. The van der Waals surface area contributed by atoms with Crippen molar-refractivity contribution in [2.24, 2.45) is 0 Å². The first kappa shape index (κ1) is 14.7. The highest BCUT2D eigenvalue weighted by Crippen LogP contribution is 2.18. The third kappa shape index (κ3) is 2.64. The number of nitrogens with one attached hydrogen (secondary N) is 1. The van der Waals surface area contributed by atoms with Crippen molar-refractivity contribution >= 4 is 22.7 Å². The first-order chi connectivity index (χ1) is 11.0. The fourth-order valence-corrected chi connectivity index (χ4v) is 2.44. The molecule has 0 aliphatic rings. The van der Waals surface area contributed by atoms with Gasteiger partial charge in [-0.2, -0.15) is 0 Å². The summed E-state index contributed by atoms with van der Waals surface area (Å²) >= 11 is 0. The smallest absolute Gasteiger partial charge is 0.352 e. The van der Waals surface area contributed by atoms with Gasteiger partial charge in [0.15, 0.2) is 11.2 Å². The third-order valence-electron chi connectivity index (χ3n) is 3.65. The fraction of sp³-hybridized carbons (Fsp3) is 0.0556. The predicted molar refractivity (Wildman–Crippen MR) is 86.1 cm³/mol. The zero-order chi connectivity index (χ0) is 16.6. The number of carbonyl (C=O) groups excluding carboxylic acids is 1. The van der Waals surface area contributed by atoms with Crippen molar-refractivity contribution in [1.82, 2.24) is 4.98 Å². The Morgan fingerprint density at radius 1 is 1.04 bits per heavy atom. The average Bonchev–Trinajstić information content (AvgIpc) is 2.54. The Kier molecular flexibility index (Phi) is 3.54. The number of pyridine rings is 1. The lowest BCUT2D eigenvalue weighted by Crippen LogP contribution is -2.12. The molecule has 0 atom stereocenters. The molecule has 5 nitrogen and oxygen atoms in total. The molecular formula is C18H13NO4. The Balaban J connectivity index is 2.24. The van der Waals surface area contributed by atoms with Gasteiger partial charge < -0.3 is 10.1 Å². The summed E-state index contributed by atoms with van der Waals surface area (Å²) in [7, 11) is 0. The van der Waals surface area contributed by atoms with E-state index in [0.29, 0.717) is 5.56 Å². The molecule has 0 fully saturated rings. The van der Waals surface area contributed by atoms with Gasteiger partial charge in [-0.1, -0.05) is 35.9 Å². The number of carboxylic acid groups (broad SMARTS) is 1. The quantitative estimate of drug-likeness (QED) is 0.728. The van der Waals surface area contributed by atoms with Crippen LogP contribution in [0.15, 0.2) is 53.3 Å². The van der Waals surface area contributed by atoms with Gasteiger partial charge in [-0.05, 0) is 19.1 Å². The van der Waals surface area contributed by atoms with Crippen LogP contribution >= 0.6 is 0 Å². The number of para-hydroxylation sites is 1. The van der Waals surface area contributed by atoms with Gasteiger partial charge in [0.25, 0.3) is 0 Å². The highest BCUT2D eigenvalue weighted by Gasteiger charge is 2.16. The van der Waals surface area contributed by atoms with Crippen molar-refractivity contribution in [3.63, 3.8) is 0 Å². The molecular weight excluding hydrogens is 294 g/mol. The number of fused-ring (bicyclic) bond motifs is 1. The van der Waals surface area contributed by atoms with Gasteiger partial charge in [-0.15, -0.1) is 0 Å². The molecule has 3 rings (SSSR count). The first-order valence-electron chi connectivity index (χ1n) is 6.98. The Bertz CT molecular complexity index is 984. The second kappa shape index (κ2) is 5.53. The zero-order valence-corrected chi connectivity index (χ0v) is 12.3.